The molecule has 0 aliphatic carbocycles. The van der Waals surface area contributed by atoms with Gasteiger partial charge in [-0.3, -0.25) is 24.6 Å². The summed E-state index contributed by atoms with van der Waals surface area (Å²) in [6.07, 6.45) is 0.464. The van der Waals surface area contributed by atoms with Crippen LogP contribution in [0.3, 0.4) is 0 Å². The number of aromatic nitrogens is 1. The van der Waals surface area contributed by atoms with Crippen LogP contribution in [-0.4, -0.2) is 145 Å². The van der Waals surface area contributed by atoms with Crippen LogP contribution in [0, 0.1) is 0 Å². The number of methoxy groups -OCH3 is 2. The van der Waals surface area contributed by atoms with Gasteiger partial charge >= 0.3 is 20.1 Å². The number of amides is 4. The molecule has 3 aliphatic heterocycles. The molecule has 19 nitrogen and oxygen atoms in total. The minimum Gasteiger partial charge on any atom is -0.539 e. The number of quaternary nitrogens is 1. The highest BCUT2D eigenvalue weighted by atomic mass is 35.5. The molecule has 3 N–H and O–H groups in total. The second-order valence-corrected chi connectivity index (χ2v) is 20.7. The van der Waals surface area contributed by atoms with Crippen LogP contribution in [0.1, 0.15) is 60.8 Å². The molecule has 2 saturated heterocycles. The number of halogens is 1. The van der Waals surface area contributed by atoms with Crippen molar-refractivity contribution in [3.05, 3.63) is 105 Å². The maximum absolute atomic E-state index is 14.2. The number of thiazole rings is 1. The molecular formula is C48H54BClN7O12S2+. The summed E-state index contributed by atoms with van der Waals surface area (Å²) in [5, 5.41) is 18.9. The summed E-state index contributed by atoms with van der Waals surface area (Å²) in [5.41, 5.74) is 1.30. The molecule has 7 rings (SSSR count). The molecule has 0 saturated carbocycles. The monoisotopic (exact) mass is 1030 g/mol. The molecule has 4 aromatic rings. The van der Waals surface area contributed by atoms with E-state index in [1.807, 2.05) is 62.6 Å². The summed E-state index contributed by atoms with van der Waals surface area (Å²) >= 11 is 9.35. The third-order valence-electron chi connectivity index (χ3n) is 12.0. The van der Waals surface area contributed by atoms with E-state index in [1.165, 1.54) is 22.0 Å². The molecule has 2 fully saturated rings. The van der Waals surface area contributed by atoms with Crippen LogP contribution < -0.4 is 29.6 Å². The van der Waals surface area contributed by atoms with Gasteiger partial charge in [0.25, 0.3) is 17.7 Å². The molecule has 0 bridgehead atoms. The van der Waals surface area contributed by atoms with E-state index in [-0.39, 0.29) is 58.0 Å². The van der Waals surface area contributed by atoms with Crippen LogP contribution in [-0.2, 0) is 37.0 Å². The highest BCUT2D eigenvalue weighted by molar-refractivity contribution is 8.00. The fourth-order valence-electron chi connectivity index (χ4n) is 8.37. The zero-order valence-electron chi connectivity index (χ0n) is 40.2. The first kappa shape index (κ1) is 52.3. The van der Waals surface area contributed by atoms with Crippen molar-refractivity contribution in [2.24, 2.45) is 5.16 Å². The maximum atomic E-state index is 14.2. The van der Waals surface area contributed by atoms with Crippen LogP contribution in [0.25, 0.3) is 0 Å². The Kier molecular flexibility index (Phi) is 16.4. The number of likely N-dealkylation sites (tertiary alicyclic amines) is 1. The maximum Gasteiger partial charge on any atom is 0.413 e. The number of ether oxygens (including phenoxy) is 5. The van der Waals surface area contributed by atoms with Gasteiger partial charge in [0.1, 0.15) is 59.7 Å². The van der Waals surface area contributed by atoms with Crippen LogP contribution in [0.2, 0.25) is 5.02 Å². The Hall–Kier alpha value is -6.49. The summed E-state index contributed by atoms with van der Waals surface area (Å²) < 4.78 is 33.4. The first-order valence-electron chi connectivity index (χ1n) is 22.4. The Morgan fingerprint density at radius 1 is 0.944 bits per heavy atom. The van der Waals surface area contributed by atoms with Crippen molar-refractivity contribution < 1.29 is 62.0 Å². The minimum absolute atomic E-state index is 0.00458. The van der Waals surface area contributed by atoms with Crippen molar-refractivity contribution in [1.82, 2.24) is 20.1 Å². The van der Waals surface area contributed by atoms with Crippen molar-refractivity contribution in [2.75, 3.05) is 59.0 Å². The molecule has 71 heavy (non-hydrogen) atoms. The van der Waals surface area contributed by atoms with Crippen LogP contribution in [0.15, 0.2) is 82.5 Å². The average molecular weight is 1030 g/mol. The predicted octanol–water partition coefficient (Wildman–Crippen LogP) is 6.16. The Morgan fingerprint density at radius 2 is 1.56 bits per heavy atom. The lowest BCUT2D eigenvalue weighted by molar-refractivity contribution is -0.911. The minimum atomic E-state index is -1.10. The van der Waals surface area contributed by atoms with Crippen molar-refractivity contribution in [2.45, 2.75) is 69.9 Å². The summed E-state index contributed by atoms with van der Waals surface area (Å²) in [4.78, 5) is 74.1. The zero-order valence-corrected chi connectivity index (χ0v) is 42.6. The van der Waals surface area contributed by atoms with Gasteiger partial charge in [0.05, 0.1) is 44.9 Å². The number of hydrogen-bond acceptors (Lipinski definition) is 16. The number of carbonyl (C=O) groups is 5. The molecule has 3 aromatic carbocycles. The average Bonchev–Trinajstić information content (AvgIpc) is 3.81. The van der Waals surface area contributed by atoms with Crippen molar-refractivity contribution >= 4 is 83.4 Å². The van der Waals surface area contributed by atoms with Gasteiger partial charge < -0.3 is 48.2 Å². The second-order valence-electron chi connectivity index (χ2n) is 18.3. The molecule has 23 heteroatoms. The standard InChI is InChI=1S/C48H53BClN7O12S2/c1-48(2,3)68-47(62)53-46-51-34(26-71-46)37(54-63)41(58)52-38-43(60)56-39(45(61)69-49)29(25-70-44(38)56)22-57(4,5)30-18-20-55(21-19-30)42(59)33-16-17-35(66-23-27-8-12-31(64-6)13-9-27)40(36(33)50)67-24-28-10-14-32(65-7)15-11-28/h8-17,26,30,38,44H,18-25H2,1-7H3,(H2-,51,52,53,58,62,63)/p+1/t38-,44-/m1/s1. The number of likely N-dealkylation sites (N-methyl/N-ethyl adjacent to an activating group) is 1. The molecule has 4 heterocycles. The topological polar surface area (TPSA) is 217 Å². The zero-order chi connectivity index (χ0) is 51.2. The normalized spacial score (nSPS) is 17.4. The van der Waals surface area contributed by atoms with Crippen molar-refractivity contribution in [3.63, 3.8) is 0 Å². The molecule has 2 atom stereocenters. The van der Waals surface area contributed by atoms with E-state index >= 15 is 0 Å². The van der Waals surface area contributed by atoms with Gasteiger partial charge in [-0.25, -0.2) is 14.6 Å². The van der Waals surface area contributed by atoms with Gasteiger partial charge in [-0.1, -0.05) is 41.0 Å². The summed E-state index contributed by atoms with van der Waals surface area (Å²) in [6, 6.07) is 17.2. The van der Waals surface area contributed by atoms with Gasteiger partial charge in [0.15, 0.2) is 22.3 Å². The molecular weight excluding hydrogens is 977 g/mol. The van der Waals surface area contributed by atoms with Gasteiger partial charge in [-0.2, -0.15) is 0 Å². The predicted molar refractivity (Wildman–Crippen MR) is 266 cm³/mol. The van der Waals surface area contributed by atoms with Gasteiger partial charge in [0, 0.05) is 42.6 Å². The Morgan fingerprint density at radius 3 is 2.14 bits per heavy atom. The van der Waals surface area contributed by atoms with E-state index < -0.39 is 46.6 Å². The molecule has 4 amide bonds. The number of hydrogen-bond donors (Lipinski definition) is 3. The number of thioether (sulfide) groups is 1. The SMILES string of the molecule is [B]OC(=O)C1=C(C[N+](C)(C)C2CCN(C(=O)c3ccc(OCc4ccc(OC)cc4)c(OCc4ccc(OC)cc4)c3Cl)CC2)CS[C@@H]2[C@H](NC(=O)/C(=N\O)c3csc(NC(=O)OC(C)(C)C)n3)C(=O)N12. The largest absolute Gasteiger partial charge is 0.539 e. The molecule has 2 radical (unpaired) electrons. The lowest BCUT2D eigenvalue weighted by Gasteiger charge is -2.50. The molecule has 374 valence electrons. The van der Waals surface area contributed by atoms with Crippen LogP contribution in [0.4, 0.5) is 9.93 Å². The number of anilines is 1. The van der Waals surface area contributed by atoms with E-state index in [9.17, 15) is 29.2 Å². The van der Waals surface area contributed by atoms with Gasteiger partial charge in [-0.15, -0.1) is 23.1 Å². The number of β-lactam (4-membered cyclic amide) rings is 1. The lowest BCUT2D eigenvalue weighted by atomic mass is 9.98. The van der Waals surface area contributed by atoms with Gasteiger partial charge in [-0.05, 0) is 68.3 Å². The Balaban J connectivity index is 0.995. The molecule has 0 unspecified atom stereocenters. The van der Waals surface area contributed by atoms with E-state index in [1.54, 1.807) is 52.0 Å². The summed E-state index contributed by atoms with van der Waals surface area (Å²) in [5.74, 6) is -0.347. The van der Waals surface area contributed by atoms with Crippen LogP contribution in [0.5, 0.6) is 23.0 Å². The number of benzene rings is 3. The third kappa shape index (κ3) is 12.2. The number of carbonyl (C=O) groups excluding carboxylic acids is 5. The number of nitrogens with one attached hydrogen (secondary N) is 2. The van der Waals surface area contributed by atoms with E-state index in [4.69, 9.17) is 43.3 Å². The number of rotatable bonds is 17. The smallest absolute Gasteiger partial charge is 0.413 e. The molecule has 3 aliphatic rings. The Bertz CT molecular complexity index is 2710. The first-order valence-corrected chi connectivity index (χ1v) is 24.7. The number of oxime groups is 1. The number of piperidine rings is 1. The van der Waals surface area contributed by atoms with E-state index in [2.05, 4.69) is 25.4 Å². The quantitative estimate of drug-likeness (QED) is 0.0270. The summed E-state index contributed by atoms with van der Waals surface area (Å²) in [7, 11) is 12.6. The molecule has 0 spiro atoms. The molecule has 1 aromatic heterocycles. The number of fused-ring (bicyclic) bond motifs is 1. The summed E-state index contributed by atoms with van der Waals surface area (Å²) in [6.45, 7) is 6.63. The fraction of sp³-hybridized carbons (Fsp3) is 0.396. The fourth-order valence-corrected chi connectivity index (χ4v) is 10.7. The van der Waals surface area contributed by atoms with Crippen molar-refractivity contribution in [3.8, 4) is 23.0 Å². The van der Waals surface area contributed by atoms with E-state index in [0.29, 0.717) is 59.8 Å². The lowest BCUT2D eigenvalue weighted by Crippen LogP contribution is -2.71. The van der Waals surface area contributed by atoms with Crippen molar-refractivity contribution in [1.29, 1.82) is 0 Å². The first-order chi connectivity index (χ1) is 33.8. The highest BCUT2D eigenvalue weighted by Gasteiger charge is 2.55. The second kappa shape index (κ2) is 22.3. The number of nitrogens with zero attached hydrogens (tertiary/aromatic N) is 5. The van der Waals surface area contributed by atoms with Gasteiger partial charge in [0.2, 0.25) is 0 Å². The van der Waals surface area contributed by atoms with E-state index in [0.717, 1.165) is 28.2 Å². The Labute approximate surface area is 425 Å². The third-order valence-corrected chi connectivity index (χ3v) is 14.5. The highest BCUT2D eigenvalue weighted by Crippen LogP contribution is 2.43. The van der Waals surface area contributed by atoms with Crippen LogP contribution >= 0.6 is 34.7 Å².